The average Bonchev–Trinajstić information content (AvgIpc) is 2.80. The van der Waals surface area contributed by atoms with Gasteiger partial charge in [0, 0.05) is 25.3 Å². The van der Waals surface area contributed by atoms with Gasteiger partial charge in [0.1, 0.15) is 0 Å². The van der Waals surface area contributed by atoms with E-state index < -0.39 is 10.0 Å². The van der Waals surface area contributed by atoms with E-state index in [1.54, 1.807) is 38.5 Å². The summed E-state index contributed by atoms with van der Waals surface area (Å²) in [5.74, 6) is 1.38. The molecule has 1 aliphatic rings. The summed E-state index contributed by atoms with van der Waals surface area (Å²) in [6, 6.07) is 12.4. The first kappa shape index (κ1) is 23.3. The smallest absolute Gasteiger partial charge is 0.243 e. The molecule has 2 N–H and O–H groups in total. The Balaban J connectivity index is 1.50. The van der Waals surface area contributed by atoms with E-state index in [-0.39, 0.29) is 4.90 Å². The van der Waals surface area contributed by atoms with Crippen molar-refractivity contribution in [3.8, 4) is 11.5 Å². The number of hydrogen-bond acceptors (Lipinski definition) is 6. The number of benzene rings is 2. The lowest BCUT2D eigenvalue weighted by atomic mass is 10.1. The Morgan fingerprint density at radius 1 is 1.06 bits per heavy atom. The van der Waals surface area contributed by atoms with Crippen LogP contribution >= 0.6 is 12.2 Å². The molecule has 10 heteroatoms. The maximum Gasteiger partial charge on any atom is 0.243 e. The molecule has 0 unspecified atom stereocenters. The third-order valence-corrected chi connectivity index (χ3v) is 7.03. The van der Waals surface area contributed by atoms with Crippen LogP contribution in [0.25, 0.3) is 0 Å². The molecular weight excluding hydrogens is 438 g/mol. The second-order valence-electron chi connectivity index (χ2n) is 6.86. The molecule has 0 aliphatic carbocycles. The minimum atomic E-state index is -3.51. The van der Waals surface area contributed by atoms with E-state index in [9.17, 15) is 8.42 Å². The molecule has 168 valence electrons. The van der Waals surface area contributed by atoms with Gasteiger partial charge in [-0.2, -0.15) is 4.31 Å². The van der Waals surface area contributed by atoms with Gasteiger partial charge in [0.05, 0.1) is 32.3 Å². The van der Waals surface area contributed by atoms with Crippen LogP contribution in [-0.4, -0.2) is 64.9 Å². The molecule has 3 rings (SSSR count). The Bertz CT molecular complexity index is 991. The molecule has 8 nitrogen and oxygen atoms in total. The highest BCUT2D eigenvalue weighted by molar-refractivity contribution is 7.89. The third kappa shape index (κ3) is 6.07. The second-order valence-corrected chi connectivity index (χ2v) is 9.21. The summed E-state index contributed by atoms with van der Waals surface area (Å²) in [4.78, 5) is 0.257. The summed E-state index contributed by atoms with van der Waals surface area (Å²) >= 11 is 5.34. The monoisotopic (exact) mass is 465 g/mol. The van der Waals surface area contributed by atoms with Gasteiger partial charge in [-0.3, -0.25) is 0 Å². The molecule has 0 saturated carbocycles. The van der Waals surface area contributed by atoms with E-state index in [2.05, 4.69) is 10.6 Å². The van der Waals surface area contributed by atoms with Crippen molar-refractivity contribution in [2.24, 2.45) is 0 Å². The number of methoxy groups -OCH3 is 2. The Hall–Kier alpha value is -2.40. The number of anilines is 1. The predicted molar refractivity (Wildman–Crippen MR) is 123 cm³/mol. The van der Waals surface area contributed by atoms with Crippen LogP contribution in [-0.2, 0) is 21.2 Å². The standard InChI is InChI=1S/C21H27N3O5S2/c1-27-19-8-3-16(15-20(19)28-2)9-10-22-21(30)23-17-4-6-18(7-5-17)31(25,26)24-11-13-29-14-12-24/h3-8,15H,9-14H2,1-2H3,(H2,22,23,30). The molecular formula is C21H27N3O5S2. The maximum absolute atomic E-state index is 12.7. The quantitative estimate of drug-likeness (QED) is 0.574. The Morgan fingerprint density at radius 2 is 1.74 bits per heavy atom. The molecule has 0 atom stereocenters. The summed E-state index contributed by atoms with van der Waals surface area (Å²) in [7, 11) is -0.293. The molecule has 2 aromatic rings. The first-order valence-corrected chi connectivity index (χ1v) is 11.7. The Kier molecular flexibility index (Phi) is 8.08. The number of nitrogens with zero attached hydrogens (tertiary/aromatic N) is 1. The molecule has 0 bridgehead atoms. The summed E-state index contributed by atoms with van der Waals surface area (Å²) in [5.41, 5.74) is 1.80. The highest BCUT2D eigenvalue weighted by atomic mass is 32.2. The maximum atomic E-state index is 12.7. The van der Waals surface area contributed by atoms with E-state index >= 15 is 0 Å². The molecule has 1 fully saturated rings. The predicted octanol–water partition coefficient (Wildman–Crippen LogP) is 2.25. The topological polar surface area (TPSA) is 89.1 Å². The number of nitrogens with one attached hydrogen (secondary N) is 2. The largest absolute Gasteiger partial charge is 0.493 e. The lowest BCUT2D eigenvalue weighted by Crippen LogP contribution is -2.40. The van der Waals surface area contributed by atoms with Gasteiger partial charge in [-0.1, -0.05) is 6.07 Å². The van der Waals surface area contributed by atoms with Crippen LogP contribution < -0.4 is 20.1 Å². The van der Waals surface area contributed by atoms with Gasteiger partial charge >= 0.3 is 0 Å². The summed E-state index contributed by atoms with van der Waals surface area (Å²) < 4.78 is 42.6. The molecule has 1 aliphatic heterocycles. The van der Waals surface area contributed by atoms with Gasteiger partial charge in [-0.05, 0) is 60.6 Å². The number of thiocarbonyl (C=S) groups is 1. The van der Waals surface area contributed by atoms with Gasteiger partial charge in [0.2, 0.25) is 10.0 Å². The van der Waals surface area contributed by atoms with Crippen LogP contribution in [0.3, 0.4) is 0 Å². The van der Waals surface area contributed by atoms with E-state index in [0.29, 0.717) is 55.1 Å². The van der Waals surface area contributed by atoms with Gasteiger partial charge < -0.3 is 24.8 Å². The van der Waals surface area contributed by atoms with Crippen LogP contribution in [0.5, 0.6) is 11.5 Å². The molecule has 0 spiro atoms. The zero-order valence-electron chi connectivity index (χ0n) is 17.6. The van der Waals surface area contributed by atoms with Crippen LogP contribution in [0.15, 0.2) is 47.4 Å². The zero-order chi connectivity index (χ0) is 22.3. The van der Waals surface area contributed by atoms with Gasteiger partial charge in [0.15, 0.2) is 16.6 Å². The van der Waals surface area contributed by atoms with E-state index in [1.165, 1.54) is 4.31 Å². The molecule has 0 aromatic heterocycles. The average molecular weight is 466 g/mol. The van der Waals surface area contributed by atoms with Crippen LogP contribution in [0, 0.1) is 0 Å². The number of ether oxygens (including phenoxy) is 3. The Labute approximate surface area is 188 Å². The number of sulfonamides is 1. The normalized spacial score (nSPS) is 14.6. The fraction of sp³-hybridized carbons (Fsp3) is 0.381. The number of rotatable bonds is 8. The highest BCUT2D eigenvalue weighted by Gasteiger charge is 2.26. The van der Waals surface area contributed by atoms with Crippen LogP contribution in [0.2, 0.25) is 0 Å². The van der Waals surface area contributed by atoms with Gasteiger partial charge in [-0.25, -0.2) is 8.42 Å². The number of hydrogen-bond donors (Lipinski definition) is 2. The zero-order valence-corrected chi connectivity index (χ0v) is 19.2. The first-order valence-electron chi connectivity index (χ1n) is 9.88. The third-order valence-electron chi connectivity index (χ3n) is 4.87. The fourth-order valence-corrected chi connectivity index (χ4v) is 4.81. The van der Waals surface area contributed by atoms with Crippen LogP contribution in [0.4, 0.5) is 5.69 Å². The lowest BCUT2D eigenvalue weighted by Gasteiger charge is -2.26. The number of morpholine rings is 1. The van der Waals surface area contributed by atoms with Gasteiger partial charge in [0.25, 0.3) is 0 Å². The van der Waals surface area contributed by atoms with Crippen molar-refractivity contribution in [2.75, 3.05) is 52.4 Å². The molecule has 2 aromatic carbocycles. The molecule has 1 heterocycles. The molecule has 1 saturated heterocycles. The molecule has 0 radical (unpaired) electrons. The minimum Gasteiger partial charge on any atom is -0.493 e. The van der Waals surface area contributed by atoms with Gasteiger partial charge in [-0.15, -0.1) is 0 Å². The minimum absolute atomic E-state index is 0.257. The van der Waals surface area contributed by atoms with Crippen molar-refractivity contribution in [3.63, 3.8) is 0 Å². The van der Waals surface area contributed by atoms with Crippen molar-refractivity contribution >= 4 is 33.0 Å². The summed E-state index contributed by atoms with van der Waals surface area (Å²) in [6.45, 7) is 2.21. The van der Waals surface area contributed by atoms with Crippen molar-refractivity contribution < 1.29 is 22.6 Å². The molecule has 0 amide bonds. The summed E-state index contributed by atoms with van der Waals surface area (Å²) in [6.07, 6.45) is 0.749. The van der Waals surface area contributed by atoms with Crippen molar-refractivity contribution in [2.45, 2.75) is 11.3 Å². The van der Waals surface area contributed by atoms with E-state index in [4.69, 9.17) is 26.4 Å². The van der Waals surface area contributed by atoms with E-state index in [0.717, 1.165) is 12.0 Å². The van der Waals surface area contributed by atoms with Crippen molar-refractivity contribution in [3.05, 3.63) is 48.0 Å². The fourth-order valence-electron chi connectivity index (χ4n) is 3.18. The molecule has 31 heavy (non-hydrogen) atoms. The summed E-state index contributed by atoms with van der Waals surface area (Å²) in [5, 5.41) is 6.69. The second kappa shape index (κ2) is 10.8. The van der Waals surface area contributed by atoms with Crippen molar-refractivity contribution in [1.82, 2.24) is 9.62 Å². The van der Waals surface area contributed by atoms with Crippen molar-refractivity contribution in [1.29, 1.82) is 0 Å². The first-order chi connectivity index (χ1) is 14.9. The van der Waals surface area contributed by atoms with E-state index in [1.807, 2.05) is 18.2 Å². The Morgan fingerprint density at radius 3 is 2.39 bits per heavy atom. The lowest BCUT2D eigenvalue weighted by molar-refractivity contribution is 0.0730. The SMILES string of the molecule is COc1ccc(CCNC(=S)Nc2ccc(S(=O)(=O)N3CCOCC3)cc2)cc1OC. The highest BCUT2D eigenvalue weighted by Crippen LogP contribution is 2.27. The van der Waals surface area contributed by atoms with Crippen LogP contribution in [0.1, 0.15) is 5.56 Å².